The summed E-state index contributed by atoms with van der Waals surface area (Å²) in [5, 5.41) is 2.85. The molecule has 1 amide bonds. The molecule has 0 radical (unpaired) electrons. The molecule has 3 rings (SSSR count). The molecule has 5 nitrogen and oxygen atoms in total. The van der Waals surface area contributed by atoms with Crippen LogP contribution in [0.1, 0.15) is 17.5 Å². The summed E-state index contributed by atoms with van der Waals surface area (Å²) < 4.78 is 4.87. The normalized spacial score (nSPS) is 17.3. The molecule has 0 aliphatic carbocycles. The van der Waals surface area contributed by atoms with Gasteiger partial charge in [-0.1, -0.05) is 60.7 Å². The molecule has 5 heteroatoms. The summed E-state index contributed by atoms with van der Waals surface area (Å²) in [6.07, 6.45) is 3.58. The second-order valence-corrected chi connectivity index (χ2v) is 7.06. The minimum absolute atomic E-state index is 0.127. The van der Waals surface area contributed by atoms with Crippen LogP contribution in [-0.2, 0) is 20.7 Å². The van der Waals surface area contributed by atoms with Crippen molar-refractivity contribution in [2.24, 2.45) is 0 Å². The number of amides is 1. The van der Waals surface area contributed by atoms with Crippen LogP contribution in [0.2, 0.25) is 0 Å². The molecule has 2 N–H and O–H groups in total. The first-order valence-electron chi connectivity index (χ1n) is 9.65. The summed E-state index contributed by atoms with van der Waals surface area (Å²) in [7, 11) is 1.35. The van der Waals surface area contributed by atoms with Crippen LogP contribution in [-0.4, -0.2) is 44.7 Å². The highest BCUT2D eigenvalue weighted by Crippen LogP contribution is 2.17. The molecule has 2 aromatic carbocycles. The van der Waals surface area contributed by atoms with E-state index in [0.717, 1.165) is 25.1 Å². The van der Waals surface area contributed by atoms with Gasteiger partial charge in [-0.3, -0.25) is 4.79 Å². The first-order valence-corrected chi connectivity index (χ1v) is 9.65. The van der Waals surface area contributed by atoms with Gasteiger partial charge in [0.2, 0.25) is 0 Å². The quantitative estimate of drug-likeness (QED) is 0.712. The SMILES string of the molecule is COC(=O)[C@H](Cc1ccccc1)NC(=O)C[NH+]1CC=C(c2ccccc2)CC1. The molecule has 1 aliphatic rings. The number of ether oxygens (including phenoxy) is 1. The lowest BCUT2D eigenvalue weighted by molar-refractivity contribution is -0.886. The van der Waals surface area contributed by atoms with E-state index in [1.54, 1.807) is 0 Å². The van der Waals surface area contributed by atoms with Crippen molar-refractivity contribution in [2.45, 2.75) is 18.9 Å². The second-order valence-electron chi connectivity index (χ2n) is 7.06. The van der Waals surface area contributed by atoms with E-state index in [-0.39, 0.29) is 5.91 Å². The van der Waals surface area contributed by atoms with Crippen LogP contribution in [0, 0.1) is 0 Å². The molecule has 146 valence electrons. The van der Waals surface area contributed by atoms with Crippen LogP contribution in [0.3, 0.4) is 0 Å². The fraction of sp³-hybridized carbons (Fsp3) is 0.304. The van der Waals surface area contributed by atoms with Gasteiger partial charge in [0, 0.05) is 12.8 Å². The number of benzene rings is 2. The molecule has 1 aliphatic heterocycles. The number of hydrogen-bond acceptors (Lipinski definition) is 3. The van der Waals surface area contributed by atoms with Crippen molar-refractivity contribution < 1.29 is 19.2 Å². The Morgan fingerprint density at radius 2 is 1.75 bits per heavy atom. The van der Waals surface area contributed by atoms with Gasteiger partial charge in [-0.15, -0.1) is 0 Å². The predicted molar refractivity (Wildman–Crippen MR) is 109 cm³/mol. The molecule has 2 atom stereocenters. The number of carbonyl (C=O) groups excluding carboxylic acids is 2. The lowest BCUT2D eigenvalue weighted by atomic mass is 9.99. The maximum atomic E-state index is 12.5. The highest BCUT2D eigenvalue weighted by molar-refractivity contribution is 5.85. The van der Waals surface area contributed by atoms with Crippen molar-refractivity contribution in [3.05, 3.63) is 77.9 Å². The summed E-state index contributed by atoms with van der Waals surface area (Å²) in [5.74, 6) is -0.546. The van der Waals surface area contributed by atoms with Gasteiger partial charge in [0.1, 0.15) is 6.04 Å². The molecule has 0 saturated heterocycles. The Balaban J connectivity index is 1.55. The number of quaternary nitrogens is 1. The lowest BCUT2D eigenvalue weighted by Gasteiger charge is -2.24. The van der Waals surface area contributed by atoms with Crippen molar-refractivity contribution in [2.75, 3.05) is 26.7 Å². The van der Waals surface area contributed by atoms with Crippen molar-refractivity contribution in [3.8, 4) is 0 Å². The van der Waals surface area contributed by atoms with Gasteiger partial charge in [0.05, 0.1) is 20.2 Å². The van der Waals surface area contributed by atoms with Gasteiger partial charge in [-0.25, -0.2) is 4.79 Å². The highest BCUT2D eigenvalue weighted by Gasteiger charge is 2.25. The monoisotopic (exact) mass is 379 g/mol. The number of hydrogen-bond donors (Lipinski definition) is 2. The Bertz CT molecular complexity index is 818. The molecule has 28 heavy (non-hydrogen) atoms. The number of nitrogens with one attached hydrogen (secondary N) is 2. The van der Waals surface area contributed by atoms with Gasteiger partial charge >= 0.3 is 5.97 Å². The number of esters is 1. The minimum atomic E-state index is -0.667. The van der Waals surface area contributed by atoms with Gasteiger partial charge in [-0.05, 0) is 22.8 Å². The van der Waals surface area contributed by atoms with Crippen LogP contribution in [0.4, 0.5) is 0 Å². The number of methoxy groups -OCH3 is 1. The van der Waals surface area contributed by atoms with Crippen LogP contribution in [0.5, 0.6) is 0 Å². The van der Waals surface area contributed by atoms with Gasteiger partial charge < -0.3 is 15.0 Å². The summed E-state index contributed by atoms with van der Waals surface area (Å²) in [4.78, 5) is 25.8. The molecule has 1 heterocycles. The highest BCUT2D eigenvalue weighted by atomic mass is 16.5. The van der Waals surface area contributed by atoms with Crippen molar-refractivity contribution in [1.29, 1.82) is 0 Å². The molecule has 0 aromatic heterocycles. The van der Waals surface area contributed by atoms with Crippen LogP contribution < -0.4 is 10.2 Å². The average molecular weight is 379 g/mol. The van der Waals surface area contributed by atoms with Crippen molar-refractivity contribution >= 4 is 17.4 Å². The predicted octanol–water partition coefficient (Wildman–Crippen LogP) is 1.26. The fourth-order valence-electron chi connectivity index (χ4n) is 3.52. The van der Waals surface area contributed by atoms with Gasteiger partial charge in [-0.2, -0.15) is 0 Å². The number of rotatable bonds is 7. The molecule has 0 saturated carbocycles. The van der Waals surface area contributed by atoms with E-state index in [1.807, 2.05) is 48.5 Å². The molecule has 1 unspecified atom stereocenters. The maximum Gasteiger partial charge on any atom is 0.328 e. The fourth-order valence-corrected chi connectivity index (χ4v) is 3.52. The molecular weight excluding hydrogens is 352 g/mol. The zero-order chi connectivity index (χ0) is 19.8. The third kappa shape index (κ3) is 5.54. The first kappa shape index (κ1) is 19.8. The van der Waals surface area contributed by atoms with Crippen molar-refractivity contribution in [1.82, 2.24) is 5.32 Å². The third-order valence-electron chi connectivity index (χ3n) is 5.04. The van der Waals surface area contributed by atoms with E-state index in [9.17, 15) is 9.59 Å². The van der Waals surface area contributed by atoms with Crippen LogP contribution in [0.25, 0.3) is 5.57 Å². The first-order chi connectivity index (χ1) is 13.7. The van der Waals surface area contributed by atoms with E-state index in [0.29, 0.717) is 13.0 Å². The van der Waals surface area contributed by atoms with Gasteiger partial charge in [0.15, 0.2) is 6.54 Å². The lowest BCUT2D eigenvalue weighted by Crippen LogP contribution is -3.13. The van der Waals surface area contributed by atoms with E-state index < -0.39 is 12.0 Å². The molecule has 0 fully saturated rings. The molecule has 2 aromatic rings. The Kier molecular flexibility index (Phi) is 6.98. The summed E-state index contributed by atoms with van der Waals surface area (Å²) in [6.45, 7) is 2.05. The van der Waals surface area contributed by atoms with Crippen LogP contribution in [0.15, 0.2) is 66.7 Å². The van der Waals surface area contributed by atoms with Crippen molar-refractivity contribution in [3.63, 3.8) is 0 Å². The Morgan fingerprint density at radius 1 is 1.07 bits per heavy atom. The Morgan fingerprint density at radius 3 is 2.36 bits per heavy atom. The van der Waals surface area contributed by atoms with E-state index in [4.69, 9.17) is 4.74 Å². The third-order valence-corrected chi connectivity index (χ3v) is 5.04. The number of carbonyl (C=O) groups is 2. The summed E-state index contributed by atoms with van der Waals surface area (Å²) >= 11 is 0. The molecular formula is C23H27N2O3+. The van der Waals surface area contributed by atoms with Crippen LogP contribution >= 0.6 is 0 Å². The zero-order valence-corrected chi connectivity index (χ0v) is 16.2. The Labute approximate surface area is 166 Å². The second kappa shape index (κ2) is 9.85. The zero-order valence-electron chi connectivity index (χ0n) is 16.2. The smallest absolute Gasteiger partial charge is 0.328 e. The summed E-state index contributed by atoms with van der Waals surface area (Å²) in [5.41, 5.74) is 3.57. The molecule has 0 bridgehead atoms. The van der Waals surface area contributed by atoms with E-state index in [2.05, 4.69) is 23.5 Å². The van der Waals surface area contributed by atoms with E-state index in [1.165, 1.54) is 23.1 Å². The molecule has 0 spiro atoms. The van der Waals surface area contributed by atoms with Gasteiger partial charge in [0.25, 0.3) is 5.91 Å². The van der Waals surface area contributed by atoms with E-state index >= 15 is 0 Å². The summed E-state index contributed by atoms with van der Waals surface area (Å²) in [6, 6.07) is 19.3. The largest absolute Gasteiger partial charge is 0.467 e. The standard InChI is InChI=1S/C23H26N2O3/c1-28-23(27)21(16-18-8-4-2-5-9-18)24-22(26)17-25-14-12-20(13-15-25)19-10-6-3-7-11-19/h2-12,21H,13-17H2,1H3,(H,24,26)/p+1/t21-/m0/s1. The topological polar surface area (TPSA) is 59.8 Å². The Hall–Kier alpha value is -2.92. The average Bonchev–Trinajstić information content (AvgIpc) is 2.74. The maximum absolute atomic E-state index is 12.5. The minimum Gasteiger partial charge on any atom is -0.467 e.